The van der Waals surface area contributed by atoms with Gasteiger partial charge in [-0.25, -0.2) is 13.1 Å². The van der Waals surface area contributed by atoms with E-state index < -0.39 is 10.0 Å². The summed E-state index contributed by atoms with van der Waals surface area (Å²) in [6.45, 7) is 6.06. The Balaban J connectivity index is 2.02. The highest BCUT2D eigenvalue weighted by molar-refractivity contribution is 7.89. The Labute approximate surface area is 138 Å². The average molecular weight is 339 g/mol. The van der Waals surface area contributed by atoms with Crippen molar-refractivity contribution in [2.75, 3.05) is 19.6 Å². The van der Waals surface area contributed by atoms with Crippen molar-refractivity contribution in [1.29, 1.82) is 0 Å². The summed E-state index contributed by atoms with van der Waals surface area (Å²) >= 11 is 0. The third-order valence-electron chi connectivity index (χ3n) is 3.75. The minimum absolute atomic E-state index is 0.109. The van der Waals surface area contributed by atoms with Gasteiger partial charge >= 0.3 is 0 Å². The molecule has 1 heterocycles. The van der Waals surface area contributed by atoms with E-state index in [1.54, 1.807) is 26.0 Å². The van der Waals surface area contributed by atoms with Crippen molar-refractivity contribution in [1.82, 2.24) is 15.4 Å². The fraction of sp³-hybridized carbons (Fsp3) is 0.562. The number of rotatable bonds is 6. The second kappa shape index (κ2) is 7.90. The van der Waals surface area contributed by atoms with Gasteiger partial charge < -0.3 is 10.6 Å². The smallest absolute Gasteiger partial charge is 0.251 e. The fourth-order valence-corrected chi connectivity index (χ4v) is 3.92. The van der Waals surface area contributed by atoms with Gasteiger partial charge in [-0.15, -0.1) is 0 Å². The van der Waals surface area contributed by atoms with Crippen LogP contribution in [0.4, 0.5) is 0 Å². The van der Waals surface area contributed by atoms with Crippen LogP contribution < -0.4 is 15.4 Å². The maximum Gasteiger partial charge on any atom is 0.251 e. The Morgan fingerprint density at radius 2 is 2.17 bits per heavy atom. The molecular formula is C16H25N3O3S. The number of benzene rings is 1. The second-order valence-electron chi connectivity index (χ2n) is 6.23. The maximum atomic E-state index is 12.2. The minimum Gasteiger partial charge on any atom is -0.352 e. The standard InChI is InChI=1S/C16H25N3O3S/c1-12(2)19-23(21,22)15-7-3-6-14(9-15)16(20)18-11-13-5-4-8-17-10-13/h3,6-7,9,12-13,17,19H,4-5,8,10-11H2,1-2H3,(H,18,20). The molecule has 1 aliphatic rings. The Morgan fingerprint density at radius 3 is 2.83 bits per heavy atom. The lowest BCUT2D eigenvalue weighted by molar-refractivity contribution is 0.0944. The molecule has 2 rings (SSSR count). The van der Waals surface area contributed by atoms with Crippen LogP contribution in [0.5, 0.6) is 0 Å². The van der Waals surface area contributed by atoms with Crippen LogP contribution in [0.1, 0.15) is 37.0 Å². The van der Waals surface area contributed by atoms with Crippen molar-refractivity contribution in [3.05, 3.63) is 29.8 Å². The van der Waals surface area contributed by atoms with Crippen molar-refractivity contribution in [3.63, 3.8) is 0 Å². The molecule has 0 radical (unpaired) electrons. The normalized spacial score (nSPS) is 18.8. The molecule has 1 aromatic carbocycles. The predicted octanol–water partition coefficient (Wildman–Crippen LogP) is 1.10. The molecular weight excluding hydrogens is 314 g/mol. The van der Waals surface area contributed by atoms with Gasteiger partial charge in [0.1, 0.15) is 0 Å². The van der Waals surface area contributed by atoms with Crippen LogP contribution in [0.25, 0.3) is 0 Å². The highest BCUT2D eigenvalue weighted by Crippen LogP contribution is 2.13. The van der Waals surface area contributed by atoms with E-state index in [1.807, 2.05) is 0 Å². The molecule has 0 spiro atoms. The van der Waals surface area contributed by atoms with E-state index in [2.05, 4.69) is 15.4 Å². The summed E-state index contributed by atoms with van der Waals surface area (Å²) in [7, 11) is -3.59. The minimum atomic E-state index is -3.59. The first-order valence-corrected chi connectivity index (χ1v) is 9.48. The first-order chi connectivity index (χ1) is 10.9. The molecule has 7 heteroatoms. The number of sulfonamides is 1. The number of carbonyl (C=O) groups is 1. The van der Waals surface area contributed by atoms with E-state index >= 15 is 0 Å². The lowest BCUT2D eigenvalue weighted by atomic mass is 10.00. The lowest BCUT2D eigenvalue weighted by Gasteiger charge is -2.22. The molecule has 1 aromatic rings. The molecule has 6 nitrogen and oxygen atoms in total. The van der Waals surface area contributed by atoms with Crippen molar-refractivity contribution in [2.24, 2.45) is 5.92 Å². The molecule has 23 heavy (non-hydrogen) atoms. The van der Waals surface area contributed by atoms with Crippen LogP contribution in [-0.4, -0.2) is 40.0 Å². The Kier molecular flexibility index (Phi) is 6.15. The number of nitrogens with one attached hydrogen (secondary N) is 3. The molecule has 3 N–H and O–H groups in total. The van der Waals surface area contributed by atoms with Gasteiger partial charge in [0, 0.05) is 18.2 Å². The first kappa shape index (κ1) is 17.9. The summed E-state index contributed by atoms with van der Waals surface area (Å²) < 4.78 is 26.9. The molecule has 0 aliphatic carbocycles. The quantitative estimate of drug-likeness (QED) is 0.724. The van der Waals surface area contributed by atoms with Gasteiger partial charge in [0.2, 0.25) is 10.0 Å². The predicted molar refractivity (Wildman–Crippen MR) is 89.8 cm³/mol. The number of hydrogen-bond acceptors (Lipinski definition) is 4. The monoisotopic (exact) mass is 339 g/mol. The van der Waals surface area contributed by atoms with Gasteiger partial charge in [0.15, 0.2) is 0 Å². The SMILES string of the molecule is CC(C)NS(=O)(=O)c1cccc(C(=O)NCC2CCCNC2)c1. The zero-order valence-corrected chi connectivity index (χ0v) is 14.4. The molecule has 0 saturated carbocycles. The van der Waals surface area contributed by atoms with Crippen LogP contribution in [0.3, 0.4) is 0 Å². The zero-order chi connectivity index (χ0) is 16.9. The van der Waals surface area contributed by atoms with Gasteiger partial charge in [-0.05, 0) is 63.9 Å². The summed E-state index contributed by atoms with van der Waals surface area (Å²) in [5, 5.41) is 6.20. The number of hydrogen-bond donors (Lipinski definition) is 3. The van der Waals surface area contributed by atoms with Gasteiger partial charge in [0.05, 0.1) is 4.90 Å². The third-order valence-corrected chi connectivity index (χ3v) is 5.40. The molecule has 0 bridgehead atoms. The van der Waals surface area contributed by atoms with Gasteiger partial charge in [-0.1, -0.05) is 6.07 Å². The average Bonchev–Trinajstić information content (AvgIpc) is 2.52. The highest BCUT2D eigenvalue weighted by atomic mass is 32.2. The Hall–Kier alpha value is -1.44. The number of piperidine rings is 1. The molecule has 1 atom stereocenters. The van der Waals surface area contributed by atoms with Crippen molar-refractivity contribution >= 4 is 15.9 Å². The van der Waals surface area contributed by atoms with Crippen molar-refractivity contribution < 1.29 is 13.2 Å². The summed E-state index contributed by atoms with van der Waals surface area (Å²) in [6.07, 6.45) is 2.22. The van der Waals surface area contributed by atoms with E-state index in [0.717, 1.165) is 25.9 Å². The molecule has 128 valence electrons. The number of amides is 1. The van der Waals surface area contributed by atoms with E-state index in [4.69, 9.17) is 0 Å². The maximum absolute atomic E-state index is 12.2. The van der Waals surface area contributed by atoms with Crippen LogP contribution in [0, 0.1) is 5.92 Å². The van der Waals surface area contributed by atoms with Crippen LogP contribution in [0.2, 0.25) is 0 Å². The molecule has 1 amide bonds. The Morgan fingerprint density at radius 1 is 1.39 bits per heavy atom. The van der Waals surface area contributed by atoms with Gasteiger partial charge in [0.25, 0.3) is 5.91 Å². The van der Waals surface area contributed by atoms with Gasteiger partial charge in [-0.3, -0.25) is 4.79 Å². The molecule has 1 unspecified atom stereocenters. The van der Waals surface area contributed by atoms with Crippen LogP contribution in [0.15, 0.2) is 29.2 Å². The van der Waals surface area contributed by atoms with Crippen LogP contribution >= 0.6 is 0 Å². The van der Waals surface area contributed by atoms with Gasteiger partial charge in [-0.2, -0.15) is 0 Å². The first-order valence-electron chi connectivity index (χ1n) is 8.00. The summed E-state index contributed by atoms with van der Waals surface area (Å²) in [4.78, 5) is 12.4. The fourth-order valence-electron chi connectivity index (χ4n) is 2.62. The summed E-state index contributed by atoms with van der Waals surface area (Å²) in [5.41, 5.74) is 0.361. The van der Waals surface area contributed by atoms with E-state index in [9.17, 15) is 13.2 Å². The van der Waals surface area contributed by atoms with E-state index in [1.165, 1.54) is 12.1 Å². The summed E-state index contributed by atoms with van der Waals surface area (Å²) in [5.74, 6) is 0.194. The topological polar surface area (TPSA) is 87.3 Å². The molecule has 0 aromatic heterocycles. The second-order valence-corrected chi connectivity index (χ2v) is 7.94. The molecule has 1 aliphatic heterocycles. The lowest BCUT2D eigenvalue weighted by Crippen LogP contribution is -2.38. The molecule has 1 fully saturated rings. The largest absolute Gasteiger partial charge is 0.352 e. The Bertz CT molecular complexity index is 638. The van der Waals surface area contributed by atoms with Crippen molar-refractivity contribution in [2.45, 2.75) is 37.6 Å². The summed E-state index contributed by atoms with van der Waals surface area (Å²) in [6, 6.07) is 5.93. The van der Waals surface area contributed by atoms with E-state index in [-0.39, 0.29) is 16.8 Å². The van der Waals surface area contributed by atoms with E-state index in [0.29, 0.717) is 18.0 Å². The highest BCUT2D eigenvalue weighted by Gasteiger charge is 2.18. The molecule has 1 saturated heterocycles. The van der Waals surface area contributed by atoms with Crippen LogP contribution in [-0.2, 0) is 10.0 Å². The zero-order valence-electron chi connectivity index (χ0n) is 13.6. The third kappa shape index (κ3) is 5.30. The number of carbonyl (C=O) groups excluding carboxylic acids is 1. The van der Waals surface area contributed by atoms with Crippen molar-refractivity contribution in [3.8, 4) is 0 Å².